The smallest absolute Gasteiger partial charge is 0.306 e. The van der Waals surface area contributed by atoms with Gasteiger partial charge in [-0.1, -0.05) is 19.4 Å². The Morgan fingerprint density at radius 1 is 1.39 bits per heavy atom. The molecule has 2 N–H and O–H groups in total. The van der Waals surface area contributed by atoms with Crippen molar-refractivity contribution in [3.63, 3.8) is 0 Å². The molecule has 2 unspecified atom stereocenters. The van der Waals surface area contributed by atoms with E-state index in [4.69, 9.17) is 5.11 Å². The highest BCUT2D eigenvalue weighted by Gasteiger charge is 2.13. The molecular formula is C13H19NO3S. The molecule has 1 rings (SSSR count). The van der Waals surface area contributed by atoms with Gasteiger partial charge < -0.3 is 10.4 Å². The Kier molecular flexibility index (Phi) is 5.85. The summed E-state index contributed by atoms with van der Waals surface area (Å²) in [5.74, 6) is -1.13. The lowest BCUT2D eigenvalue weighted by atomic mass is 10.0. The zero-order valence-electron chi connectivity index (χ0n) is 10.7. The van der Waals surface area contributed by atoms with Crippen molar-refractivity contribution < 1.29 is 14.7 Å². The average molecular weight is 269 g/mol. The third-order valence-electron chi connectivity index (χ3n) is 2.82. The minimum atomic E-state index is -0.759. The highest BCUT2D eigenvalue weighted by Crippen LogP contribution is 2.11. The van der Waals surface area contributed by atoms with Gasteiger partial charge in [-0.15, -0.1) is 11.3 Å². The quantitative estimate of drug-likeness (QED) is 0.800. The van der Waals surface area contributed by atoms with Crippen LogP contribution in [0, 0.1) is 5.92 Å². The van der Waals surface area contributed by atoms with Gasteiger partial charge in [0.25, 0.3) is 5.91 Å². The third-order valence-corrected chi connectivity index (χ3v) is 3.69. The summed E-state index contributed by atoms with van der Waals surface area (Å²) in [7, 11) is 0. The maximum atomic E-state index is 11.7. The summed E-state index contributed by atoms with van der Waals surface area (Å²) in [4.78, 5) is 23.1. The second kappa shape index (κ2) is 7.16. The van der Waals surface area contributed by atoms with Crippen LogP contribution in [0.3, 0.4) is 0 Å². The number of carboxylic acid groups (broad SMARTS) is 1. The van der Waals surface area contributed by atoms with Crippen LogP contribution >= 0.6 is 11.3 Å². The molecule has 0 saturated heterocycles. The topological polar surface area (TPSA) is 66.4 Å². The van der Waals surface area contributed by atoms with E-state index in [9.17, 15) is 9.59 Å². The summed E-state index contributed by atoms with van der Waals surface area (Å²) < 4.78 is 0. The number of rotatable bonds is 7. The monoisotopic (exact) mass is 269 g/mol. The van der Waals surface area contributed by atoms with Gasteiger partial charge >= 0.3 is 5.97 Å². The van der Waals surface area contributed by atoms with E-state index in [2.05, 4.69) is 5.32 Å². The van der Waals surface area contributed by atoms with Crippen molar-refractivity contribution in [3.05, 3.63) is 22.4 Å². The minimum absolute atomic E-state index is 0.0521. The number of hydrogen-bond donors (Lipinski definition) is 2. The van der Waals surface area contributed by atoms with Gasteiger partial charge in [0.05, 0.1) is 10.8 Å². The Bertz CT molecular complexity index is 389. The molecule has 0 saturated carbocycles. The van der Waals surface area contributed by atoms with Crippen LogP contribution in [-0.4, -0.2) is 23.0 Å². The number of carbonyl (C=O) groups is 2. The SMILES string of the molecule is CC(CCCC(C)C(=O)O)NC(=O)c1cccs1. The molecule has 0 aliphatic carbocycles. The highest BCUT2D eigenvalue weighted by atomic mass is 32.1. The predicted molar refractivity (Wildman–Crippen MR) is 71.9 cm³/mol. The summed E-state index contributed by atoms with van der Waals surface area (Å²) in [6.45, 7) is 3.65. The van der Waals surface area contributed by atoms with E-state index in [-0.39, 0.29) is 17.9 Å². The molecule has 5 heteroatoms. The molecule has 0 radical (unpaired) electrons. The first-order chi connectivity index (χ1) is 8.50. The van der Waals surface area contributed by atoms with Gasteiger partial charge in [-0.3, -0.25) is 9.59 Å². The maximum Gasteiger partial charge on any atom is 0.306 e. The van der Waals surface area contributed by atoms with E-state index in [1.807, 2.05) is 18.4 Å². The summed E-state index contributed by atoms with van der Waals surface area (Å²) in [6, 6.07) is 3.71. The van der Waals surface area contributed by atoms with Crippen molar-refractivity contribution in [2.24, 2.45) is 5.92 Å². The standard InChI is InChI=1S/C13H19NO3S/c1-9(13(16)17)5-3-6-10(2)14-12(15)11-7-4-8-18-11/h4,7-10H,3,5-6H2,1-2H3,(H,14,15)(H,16,17). The molecule has 0 aliphatic rings. The molecule has 1 heterocycles. The molecule has 0 bridgehead atoms. The Labute approximate surface area is 111 Å². The molecular weight excluding hydrogens is 250 g/mol. The van der Waals surface area contributed by atoms with Gasteiger partial charge in [-0.2, -0.15) is 0 Å². The van der Waals surface area contributed by atoms with Crippen molar-refractivity contribution >= 4 is 23.2 Å². The predicted octanol–water partition coefficient (Wildman–Crippen LogP) is 2.76. The Morgan fingerprint density at radius 2 is 2.11 bits per heavy atom. The number of amides is 1. The lowest BCUT2D eigenvalue weighted by Crippen LogP contribution is -2.32. The van der Waals surface area contributed by atoms with E-state index in [1.165, 1.54) is 11.3 Å². The Balaban J connectivity index is 2.24. The van der Waals surface area contributed by atoms with Crippen LogP contribution in [0.5, 0.6) is 0 Å². The molecule has 0 spiro atoms. The van der Waals surface area contributed by atoms with Crippen LogP contribution in [0.15, 0.2) is 17.5 Å². The fourth-order valence-electron chi connectivity index (χ4n) is 1.63. The summed E-state index contributed by atoms with van der Waals surface area (Å²) in [6.07, 6.45) is 2.25. The number of hydrogen-bond acceptors (Lipinski definition) is 3. The van der Waals surface area contributed by atoms with Gasteiger partial charge in [-0.05, 0) is 31.2 Å². The van der Waals surface area contributed by atoms with E-state index < -0.39 is 5.97 Å². The molecule has 2 atom stereocenters. The summed E-state index contributed by atoms with van der Waals surface area (Å²) in [5, 5.41) is 13.5. The highest BCUT2D eigenvalue weighted by molar-refractivity contribution is 7.12. The van der Waals surface area contributed by atoms with Crippen LogP contribution in [0.25, 0.3) is 0 Å². The molecule has 18 heavy (non-hydrogen) atoms. The van der Waals surface area contributed by atoms with Crippen LogP contribution in [0.2, 0.25) is 0 Å². The van der Waals surface area contributed by atoms with Crippen molar-refractivity contribution in [1.29, 1.82) is 0 Å². The van der Waals surface area contributed by atoms with Crippen LogP contribution in [-0.2, 0) is 4.79 Å². The van der Waals surface area contributed by atoms with Gasteiger partial charge in [0.2, 0.25) is 0 Å². The van der Waals surface area contributed by atoms with Crippen molar-refractivity contribution in [3.8, 4) is 0 Å². The van der Waals surface area contributed by atoms with Crippen molar-refractivity contribution in [2.75, 3.05) is 0 Å². The van der Waals surface area contributed by atoms with Crippen LogP contribution in [0.1, 0.15) is 42.8 Å². The van der Waals surface area contributed by atoms with E-state index in [0.29, 0.717) is 11.3 Å². The van der Waals surface area contributed by atoms with E-state index in [1.54, 1.807) is 13.0 Å². The zero-order valence-corrected chi connectivity index (χ0v) is 11.5. The summed E-state index contributed by atoms with van der Waals surface area (Å²) in [5.41, 5.74) is 0. The minimum Gasteiger partial charge on any atom is -0.481 e. The molecule has 0 aliphatic heterocycles. The molecule has 1 amide bonds. The second-order valence-electron chi connectivity index (χ2n) is 4.52. The van der Waals surface area contributed by atoms with E-state index >= 15 is 0 Å². The first-order valence-electron chi connectivity index (χ1n) is 6.08. The first kappa shape index (κ1) is 14.7. The van der Waals surface area contributed by atoms with Gasteiger partial charge in [0.1, 0.15) is 0 Å². The largest absolute Gasteiger partial charge is 0.481 e. The van der Waals surface area contributed by atoms with Gasteiger partial charge in [0, 0.05) is 6.04 Å². The van der Waals surface area contributed by atoms with E-state index in [0.717, 1.165) is 12.8 Å². The molecule has 0 fully saturated rings. The van der Waals surface area contributed by atoms with Crippen molar-refractivity contribution in [1.82, 2.24) is 5.32 Å². The molecule has 1 aromatic rings. The molecule has 0 aromatic carbocycles. The number of nitrogens with one attached hydrogen (secondary N) is 1. The lowest BCUT2D eigenvalue weighted by molar-refractivity contribution is -0.141. The Morgan fingerprint density at radius 3 is 2.67 bits per heavy atom. The summed E-state index contributed by atoms with van der Waals surface area (Å²) >= 11 is 1.42. The fraction of sp³-hybridized carbons (Fsp3) is 0.538. The molecule has 100 valence electrons. The van der Waals surface area contributed by atoms with Gasteiger partial charge in [0.15, 0.2) is 0 Å². The lowest BCUT2D eigenvalue weighted by Gasteiger charge is -2.13. The fourth-order valence-corrected chi connectivity index (χ4v) is 2.26. The number of aliphatic carboxylic acids is 1. The normalized spacial score (nSPS) is 13.9. The third kappa shape index (κ3) is 4.87. The maximum absolute atomic E-state index is 11.7. The number of thiophene rings is 1. The first-order valence-corrected chi connectivity index (χ1v) is 6.96. The van der Waals surface area contributed by atoms with Crippen LogP contribution < -0.4 is 5.32 Å². The molecule has 4 nitrogen and oxygen atoms in total. The second-order valence-corrected chi connectivity index (χ2v) is 5.47. The van der Waals surface area contributed by atoms with Gasteiger partial charge in [-0.25, -0.2) is 0 Å². The Hall–Kier alpha value is -1.36. The van der Waals surface area contributed by atoms with Crippen LogP contribution in [0.4, 0.5) is 0 Å². The number of carboxylic acids is 1. The average Bonchev–Trinajstić information content (AvgIpc) is 2.81. The van der Waals surface area contributed by atoms with Crippen molar-refractivity contribution in [2.45, 2.75) is 39.2 Å². The number of carbonyl (C=O) groups excluding carboxylic acids is 1. The molecule has 1 aromatic heterocycles. The zero-order chi connectivity index (χ0) is 13.5.